The minimum atomic E-state index is -0.339. The number of amides is 2. The zero-order chi connectivity index (χ0) is 22.5. The number of nitrogens with zero attached hydrogens (tertiary/aromatic N) is 2. The number of carbonyl (C=O) groups is 2. The first-order chi connectivity index (χ1) is 14.9. The lowest BCUT2D eigenvalue weighted by molar-refractivity contribution is -0.130. The van der Waals surface area contributed by atoms with Crippen LogP contribution in [0.2, 0.25) is 0 Å². The van der Waals surface area contributed by atoms with Crippen molar-refractivity contribution in [2.75, 3.05) is 32.6 Å². The fourth-order valence-corrected chi connectivity index (χ4v) is 3.51. The van der Waals surface area contributed by atoms with Gasteiger partial charge in [0.2, 0.25) is 0 Å². The van der Waals surface area contributed by atoms with Crippen molar-refractivity contribution in [2.24, 2.45) is 0 Å². The predicted molar refractivity (Wildman–Crippen MR) is 121 cm³/mol. The third kappa shape index (κ3) is 4.76. The highest BCUT2D eigenvalue weighted by Gasteiger charge is 2.35. The normalized spacial score (nSPS) is 16.2. The molecule has 2 amide bonds. The number of anilines is 1. The molecule has 31 heavy (non-hydrogen) atoms. The van der Waals surface area contributed by atoms with Crippen molar-refractivity contribution in [1.82, 2.24) is 9.80 Å². The summed E-state index contributed by atoms with van der Waals surface area (Å²) in [5.74, 6) is 0.913. The third-order valence-corrected chi connectivity index (χ3v) is 5.46. The van der Waals surface area contributed by atoms with E-state index in [0.29, 0.717) is 23.7 Å². The number of rotatable bonds is 8. The lowest BCUT2D eigenvalue weighted by Gasteiger charge is -2.41. The molecule has 1 aliphatic rings. The van der Waals surface area contributed by atoms with Gasteiger partial charge in [0, 0.05) is 25.8 Å². The van der Waals surface area contributed by atoms with E-state index in [1.54, 1.807) is 20.2 Å². The quantitative estimate of drug-likeness (QED) is 0.694. The van der Waals surface area contributed by atoms with E-state index in [4.69, 9.17) is 9.47 Å². The largest absolute Gasteiger partial charge is 0.490 e. The SMILES string of the molecule is CCOc1cc([C@@H]2Nc3ccccc3C(=O)N2[C@H](C)CC)ccc1OCC(=O)N(C)C. The van der Waals surface area contributed by atoms with E-state index in [-0.39, 0.29) is 30.6 Å². The molecule has 0 spiro atoms. The van der Waals surface area contributed by atoms with Crippen LogP contribution in [0.25, 0.3) is 0 Å². The number of para-hydroxylation sites is 1. The van der Waals surface area contributed by atoms with E-state index in [2.05, 4.69) is 12.2 Å². The highest BCUT2D eigenvalue weighted by molar-refractivity contribution is 6.01. The predicted octanol–water partition coefficient (Wildman–Crippen LogP) is 3.92. The molecule has 2 aromatic carbocycles. The van der Waals surface area contributed by atoms with Gasteiger partial charge < -0.3 is 24.6 Å². The van der Waals surface area contributed by atoms with Crippen LogP contribution in [0.4, 0.5) is 5.69 Å². The highest BCUT2D eigenvalue weighted by atomic mass is 16.5. The molecule has 0 saturated heterocycles. The molecule has 7 nitrogen and oxygen atoms in total. The Labute approximate surface area is 183 Å². The molecule has 3 rings (SSSR count). The van der Waals surface area contributed by atoms with Crippen molar-refractivity contribution >= 4 is 17.5 Å². The Kier molecular flexibility index (Phi) is 7.05. The fourth-order valence-electron chi connectivity index (χ4n) is 3.51. The second-order valence-electron chi connectivity index (χ2n) is 7.78. The number of carbonyl (C=O) groups excluding carboxylic acids is 2. The standard InChI is InChI=1S/C24H31N3O4/c1-6-16(3)27-23(25-19-11-9-8-10-18(19)24(27)29)17-12-13-20(21(14-17)30-7-2)31-15-22(28)26(4)5/h8-14,16,23,25H,6-7,15H2,1-5H3/t16-,23-/m1/s1. The minimum absolute atomic E-state index is 0.00330. The summed E-state index contributed by atoms with van der Waals surface area (Å²) < 4.78 is 11.5. The first kappa shape index (κ1) is 22.5. The maximum atomic E-state index is 13.3. The molecule has 0 unspecified atom stereocenters. The van der Waals surface area contributed by atoms with E-state index < -0.39 is 0 Å². The molecule has 0 saturated carbocycles. The van der Waals surface area contributed by atoms with Gasteiger partial charge in [-0.15, -0.1) is 0 Å². The van der Waals surface area contributed by atoms with Crippen LogP contribution in [0.3, 0.4) is 0 Å². The first-order valence-electron chi connectivity index (χ1n) is 10.6. The van der Waals surface area contributed by atoms with E-state index in [1.165, 1.54) is 4.90 Å². The topological polar surface area (TPSA) is 71.1 Å². The van der Waals surface area contributed by atoms with E-state index in [1.807, 2.05) is 55.1 Å². The van der Waals surface area contributed by atoms with E-state index >= 15 is 0 Å². The van der Waals surface area contributed by atoms with Gasteiger partial charge in [0.1, 0.15) is 6.17 Å². The lowest BCUT2D eigenvalue weighted by Crippen LogP contribution is -2.47. The van der Waals surface area contributed by atoms with Crippen LogP contribution >= 0.6 is 0 Å². The van der Waals surface area contributed by atoms with E-state index in [9.17, 15) is 9.59 Å². The van der Waals surface area contributed by atoms with Gasteiger partial charge in [0.15, 0.2) is 18.1 Å². The van der Waals surface area contributed by atoms with Gasteiger partial charge in [0.25, 0.3) is 11.8 Å². The van der Waals surface area contributed by atoms with Crippen molar-refractivity contribution in [1.29, 1.82) is 0 Å². The number of benzene rings is 2. The van der Waals surface area contributed by atoms with Gasteiger partial charge in [-0.1, -0.05) is 25.1 Å². The Bertz CT molecular complexity index is 944. The molecule has 7 heteroatoms. The molecular weight excluding hydrogens is 394 g/mol. The second kappa shape index (κ2) is 9.73. The summed E-state index contributed by atoms with van der Waals surface area (Å²) in [6.07, 6.45) is 0.493. The Morgan fingerprint density at radius 2 is 1.87 bits per heavy atom. The number of hydrogen-bond donors (Lipinski definition) is 1. The number of nitrogens with one attached hydrogen (secondary N) is 1. The Morgan fingerprint density at radius 3 is 2.55 bits per heavy atom. The van der Waals surface area contributed by atoms with Crippen molar-refractivity contribution < 1.29 is 19.1 Å². The highest BCUT2D eigenvalue weighted by Crippen LogP contribution is 2.38. The number of hydrogen-bond acceptors (Lipinski definition) is 5. The molecule has 1 aliphatic heterocycles. The lowest BCUT2D eigenvalue weighted by atomic mass is 10.0. The molecule has 1 N–H and O–H groups in total. The maximum Gasteiger partial charge on any atom is 0.259 e. The minimum Gasteiger partial charge on any atom is -0.490 e. The molecule has 166 valence electrons. The summed E-state index contributed by atoms with van der Waals surface area (Å²) in [7, 11) is 3.37. The molecule has 2 aromatic rings. The van der Waals surface area contributed by atoms with Crippen molar-refractivity contribution in [2.45, 2.75) is 39.4 Å². The van der Waals surface area contributed by atoms with Crippen molar-refractivity contribution in [3.8, 4) is 11.5 Å². The van der Waals surface area contributed by atoms with Gasteiger partial charge in [0.05, 0.1) is 12.2 Å². The van der Waals surface area contributed by atoms with Gasteiger partial charge in [-0.05, 0) is 50.1 Å². The average Bonchev–Trinajstić information content (AvgIpc) is 2.77. The zero-order valence-corrected chi connectivity index (χ0v) is 18.8. The molecule has 2 atom stereocenters. The molecule has 1 heterocycles. The summed E-state index contributed by atoms with van der Waals surface area (Å²) in [6.45, 7) is 6.40. The first-order valence-corrected chi connectivity index (χ1v) is 10.6. The Morgan fingerprint density at radius 1 is 1.13 bits per heavy atom. The van der Waals surface area contributed by atoms with Crippen LogP contribution in [0.15, 0.2) is 42.5 Å². The van der Waals surface area contributed by atoms with Crippen LogP contribution in [-0.4, -0.2) is 55.0 Å². The summed E-state index contributed by atoms with van der Waals surface area (Å²) in [6, 6.07) is 13.2. The molecule has 0 aliphatic carbocycles. The van der Waals surface area contributed by atoms with Gasteiger partial charge >= 0.3 is 0 Å². The number of ether oxygens (including phenoxy) is 2. The summed E-state index contributed by atoms with van der Waals surface area (Å²) >= 11 is 0. The van der Waals surface area contributed by atoms with E-state index in [0.717, 1.165) is 17.7 Å². The number of fused-ring (bicyclic) bond motifs is 1. The van der Waals surface area contributed by atoms with Gasteiger partial charge in [-0.25, -0.2) is 0 Å². The van der Waals surface area contributed by atoms with Crippen molar-refractivity contribution in [3.05, 3.63) is 53.6 Å². The van der Waals surface area contributed by atoms with Crippen LogP contribution in [0, 0.1) is 0 Å². The van der Waals surface area contributed by atoms with Crippen LogP contribution in [0.5, 0.6) is 11.5 Å². The monoisotopic (exact) mass is 425 g/mol. The van der Waals surface area contributed by atoms with Crippen LogP contribution in [-0.2, 0) is 4.79 Å². The summed E-state index contributed by atoms with van der Waals surface area (Å²) in [4.78, 5) is 28.6. The Hall–Kier alpha value is -3.22. The fraction of sp³-hybridized carbons (Fsp3) is 0.417. The van der Waals surface area contributed by atoms with Gasteiger partial charge in [-0.2, -0.15) is 0 Å². The second-order valence-corrected chi connectivity index (χ2v) is 7.78. The van der Waals surface area contributed by atoms with Crippen LogP contribution < -0.4 is 14.8 Å². The molecular formula is C24H31N3O4. The molecule has 0 fully saturated rings. The average molecular weight is 426 g/mol. The van der Waals surface area contributed by atoms with Crippen molar-refractivity contribution in [3.63, 3.8) is 0 Å². The maximum absolute atomic E-state index is 13.3. The molecule has 0 bridgehead atoms. The smallest absolute Gasteiger partial charge is 0.259 e. The summed E-state index contributed by atoms with van der Waals surface area (Å²) in [5, 5.41) is 3.51. The molecule has 0 radical (unpaired) electrons. The van der Waals surface area contributed by atoms with Crippen LogP contribution in [0.1, 0.15) is 49.3 Å². The number of likely N-dealkylation sites (N-methyl/N-ethyl adjacent to an activating group) is 1. The molecule has 0 aromatic heterocycles. The summed E-state index contributed by atoms with van der Waals surface area (Å²) in [5.41, 5.74) is 2.37. The van der Waals surface area contributed by atoms with Gasteiger partial charge in [-0.3, -0.25) is 9.59 Å². The third-order valence-electron chi connectivity index (χ3n) is 5.46. The Balaban J connectivity index is 1.96. The zero-order valence-electron chi connectivity index (χ0n) is 18.8.